The molecule has 2 aliphatic rings. The molecule has 0 atom stereocenters. The molecular formula is C15H15N3O5. The second kappa shape index (κ2) is 5.31. The molecule has 0 unspecified atom stereocenters. The van der Waals surface area contributed by atoms with Gasteiger partial charge in [-0.1, -0.05) is 6.07 Å². The van der Waals surface area contributed by atoms with E-state index in [1.165, 1.54) is 20.0 Å². The first-order valence-corrected chi connectivity index (χ1v) is 6.95. The lowest BCUT2D eigenvalue weighted by Crippen LogP contribution is -2.42. The van der Waals surface area contributed by atoms with Gasteiger partial charge in [0.2, 0.25) is 0 Å². The average Bonchev–Trinajstić information content (AvgIpc) is 2.44. The molecule has 2 heterocycles. The SMILES string of the molecule is CC1(C)OC(=O)C(=CNc2ccc3c(c2)NC(=O)NC3)C(=O)O1. The molecule has 2 aliphatic heterocycles. The van der Waals surface area contributed by atoms with Gasteiger partial charge in [-0.3, -0.25) is 0 Å². The summed E-state index contributed by atoms with van der Waals surface area (Å²) in [5, 5.41) is 8.16. The van der Waals surface area contributed by atoms with Crippen LogP contribution in [0.2, 0.25) is 0 Å². The van der Waals surface area contributed by atoms with E-state index in [2.05, 4.69) is 16.0 Å². The fraction of sp³-hybridized carbons (Fsp3) is 0.267. The third-order valence-electron chi connectivity index (χ3n) is 3.30. The van der Waals surface area contributed by atoms with Crippen molar-refractivity contribution in [3.63, 3.8) is 0 Å². The number of hydrogen-bond donors (Lipinski definition) is 3. The van der Waals surface area contributed by atoms with Crippen molar-refractivity contribution in [2.45, 2.75) is 26.2 Å². The Morgan fingerprint density at radius 2 is 1.87 bits per heavy atom. The molecular weight excluding hydrogens is 302 g/mol. The number of carbonyl (C=O) groups is 3. The Morgan fingerprint density at radius 3 is 2.57 bits per heavy atom. The topological polar surface area (TPSA) is 106 Å². The van der Waals surface area contributed by atoms with E-state index in [0.29, 0.717) is 17.9 Å². The molecule has 0 bridgehead atoms. The molecule has 8 heteroatoms. The largest absolute Gasteiger partial charge is 0.419 e. The summed E-state index contributed by atoms with van der Waals surface area (Å²) in [6.07, 6.45) is 1.23. The number of hydrogen-bond acceptors (Lipinski definition) is 6. The highest BCUT2D eigenvalue weighted by molar-refractivity contribution is 6.15. The van der Waals surface area contributed by atoms with Gasteiger partial charge in [-0.2, -0.15) is 0 Å². The molecule has 3 N–H and O–H groups in total. The third-order valence-corrected chi connectivity index (χ3v) is 3.30. The van der Waals surface area contributed by atoms with Crippen LogP contribution < -0.4 is 16.0 Å². The van der Waals surface area contributed by atoms with Crippen molar-refractivity contribution in [2.24, 2.45) is 0 Å². The van der Waals surface area contributed by atoms with Crippen LogP contribution in [0.25, 0.3) is 0 Å². The molecule has 23 heavy (non-hydrogen) atoms. The zero-order valence-corrected chi connectivity index (χ0v) is 12.6. The monoisotopic (exact) mass is 317 g/mol. The van der Waals surface area contributed by atoms with E-state index in [-0.39, 0.29) is 11.6 Å². The summed E-state index contributed by atoms with van der Waals surface area (Å²) in [7, 11) is 0. The van der Waals surface area contributed by atoms with Crippen molar-refractivity contribution in [2.75, 3.05) is 10.6 Å². The van der Waals surface area contributed by atoms with Gasteiger partial charge >= 0.3 is 18.0 Å². The Labute approximate surface area is 131 Å². The van der Waals surface area contributed by atoms with Crippen LogP contribution in [0.15, 0.2) is 30.0 Å². The van der Waals surface area contributed by atoms with E-state index in [1.54, 1.807) is 12.1 Å². The molecule has 120 valence electrons. The van der Waals surface area contributed by atoms with Crippen molar-refractivity contribution in [1.82, 2.24) is 5.32 Å². The summed E-state index contributed by atoms with van der Waals surface area (Å²) in [6, 6.07) is 5.01. The minimum absolute atomic E-state index is 0.229. The Hall–Kier alpha value is -3.03. The van der Waals surface area contributed by atoms with Crippen LogP contribution in [-0.4, -0.2) is 23.8 Å². The minimum Gasteiger partial charge on any atom is -0.419 e. The maximum absolute atomic E-state index is 11.8. The normalized spacial score (nSPS) is 18.9. The third kappa shape index (κ3) is 3.10. The van der Waals surface area contributed by atoms with Crippen LogP contribution in [0, 0.1) is 0 Å². The van der Waals surface area contributed by atoms with Gasteiger partial charge in [0.05, 0.1) is 0 Å². The quantitative estimate of drug-likeness (QED) is 0.433. The number of ether oxygens (including phenoxy) is 2. The zero-order valence-electron chi connectivity index (χ0n) is 12.6. The van der Waals surface area contributed by atoms with Crippen molar-refractivity contribution in [3.8, 4) is 0 Å². The highest BCUT2D eigenvalue weighted by Crippen LogP contribution is 2.25. The van der Waals surface area contributed by atoms with Gasteiger partial charge in [-0.25, -0.2) is 14.4 Å². The number of carbonyl (C=O) groups excluding carboxylic acids is 3. The van der Waals surface area contributed by atoms with Crippen molar-refractivity contribution < 1.29 is 23.9 Å². The van der Waals surface area contributed by atoms with Gasteiger partial charge in [0.1, 0.15) is 0 Å². The first-order chi connectivity index (χ1) is 10.8. The molecule has 0 spiro atoms. The highest BCUT2D eigenvalue weighted by atomic mass is 16.7. The molecule has 0 saturated carbocycles. The Balaban J connectivity index is 1.78. The second-order valence-electron chi connectivity index (χ2n) is 5.56. The molecule has 2 amide bonds. The van der Waals surface area contributed by atoms with E-state index < -0.39 is 17.7 Å². The van der Waals surface area contributed by atoms with Crippen molar-refractivity contribution in [1.29, 1.82) is 0 Å². The first kappa shape index (κ1) is 14.9. The summed E-state index contributed by atoms with van der Waals surface area (Å²) >= 11 is 0. The van der Waals surface area contributed by atoms with Crippen molar-refractivity contribution in [3.05, 3.63) is 35.5 Å². The van der Waals surface area contributed by atoms with Crippen LogP contribution in [0.3, 0.4) is 0 Å². The molecule has 3 rings (SSSR count). The maximum Gasteiger partial charge on any atom is 0.350 e. The van der Waals surface area contributed by atoms with Crippen LogP contribution in [0.1, 0.15) is 19.4 Å². The summed E-state index contributed by atoms with van der Waals surface area (Å²) in [5.41, 5.74) is 1.96. The van der Waals surface area contributed by atoms with E-state index >= 15 is 0 Å². The van der Waals surface area contributed by atoms with Crippen LogP contribution >= 0.6 is 0 Å². The molecule has 0 aliphatic carbocycles. The molecule has 8 nitrogen and oxygen atoms in total. The van der Waals surface area contributed by atoms with E-state index in [9.17, 15) is 14.4 Å². The predicted molar refractivity (Wildman–Crippen MR) is 80.3 cm³/mol. The minimum atomic E-state index is -1.27. The predicted octanol–water partition coefficient (Wildman–Crippen LogP) is 1.45. The van der Waals surface area contributed by atoms with Crippen molar-refractivity contribution >= 4 is 29.3 Å². The summed E-state index contributed by atoms with van der Waals surface area (Å²) in [5.74, 6) is -2.78. The van der Waals surface area contributed by atoms with Gasteiger partial charge in [0.25, 0.3) is 5.79 Å². The van der Waals surface area contributed by atoms with Gasteiger partial charge in [-0.05, 0) is 17.7 Å². The molecule has 1 aromatic rings. The van der Waals surface area contributed by atoms with E-state index in [1.807, 2.05) is 6.07 Å². The number of anilines is 2. The molecule has 1 saturated heterocycles. The number of amides is 2. The molecule has 1 fully saturated rings. The number of esters is 2. The Kier molecular flexibility index (Phi) is 3.44. The number of urea groups is 1. The second-order valence-corrected chi connectivity index (χ2v) is 5.56. The smallest absolute Gasteiger partial charge is 0.350 e. The number of rotatable bonds is 2. The number of benzene rings is 1. The van der Waals surface area contributed by atoms with Gasteiger partial charge in [-0.15, -0.1) is 0 Å². The summed E-state index contributed by atoms with van der Waals surface area (Å²) in [4.78, 5) is 35.0. The first-order valence-electron chi connectivity index (χ1n) is 6.95. The maximum atomic E-state index is 11.8. The number of nitrogens with one attached hydrogen (secondary N) is 3. The summed E-state index contributed by atoms with van der Waals surface area (Å²) in [6.45, 7) is 3.40. The summed E-state index contributed by atoms with van der Waals surface area (Å²) < 4.78 is 9.99. The van der Waals surface area contributed by atoms with E-state index in [0.717, 1.165) is 5.56 Å². The fourth-order valence-corrected chi connectivity index (χ4v) is 2.21. The number of fused-ring (bicyclic) bond motifs is 1. The van der Waals surface area contributed by atoms with Gasteiger partial charge in [0.15, 0.2) is 5.57 Å². The molecule has 1 aromatic carbocycles. The van der Waals surface area contributed by atoms with E-state index in [4.69, 9.17) is 9.47 Å². The van der Waals surface area contributed by atoms with Crippen LogP contribution in [0.5, 0.6) is 0 Å². The van der Waals surface area contributed by atoms with Crippen LogP contribution in [-0.2, 0) is 25.6 Å². The lowest BCUT2D eigenvalue weighted by atomic mass is 10.1. The standard InChI is InChI=1S/C15H15N3O5/c1-15(2)22-12(19)10(13(20)23-15)7-16-9-4-3-8-6-17-14(21)18-11(8)5-9/h3-5,7,16H,6H2,1-2H3,(H2,17,18,21). The van der Waals surface area contributed by atoms with Crippen LogP contribution in [0.4, 0.5) is 16.2 Å². The Bertz CT molecular complexity index is 717. The zero-order chi connectivity index (χ0) is 16.6. The van der Waals surface area contributed by atoms with Gasteiger partial charge < -0.3 is 25.4 Å². The molecule has 0 radical (unpaired) electrons. The lowest BCUT2D eigenvalue weighted by Gasteiger charge is -2.29. The highest BCUT2D eigenvalue weighted by Gasteiger charge is 2.38. The lowest BCUT2D eigenvalue weighted by molar-refractivity contribution is -0.222. The average molecular weight is 317 g/mol. The number of cyclic esters (lactones) is 2. The fourth-order valence-electron chi connectivity index (χ4n) is 2.21. The molecule has 0 aromatic heterocycles. The van der Waals surface area contributed by atoms with Gasteiger partial charge in [0, 0.05) is 38.0 Å². The Morgan fingerprint density at radius 1 is 1.17 bits per heavy atom.